The molecule has 0 radical (unpaired) electrons. The Kier molecular flexibility index (Phi) is 4.41. The van der Waals surface area contributed by atoms with Gasteiger partial charge in [-0.2, -0.15) is 5.10 Å². The summed E-state index contributed by atoms with van der Waals surface area (Å²) >= 11 is 0. The summed E-state index contributed by atoms with van der Waals surface area (Å²) in [5.74, 6) is 0. The van der Waals surface area contributed by atoms with E-state index in [1.54, 1.807) is 37.4 Å². The van der Waals surface area contributed by atoms with E-state index in [-0.39, 0.29) is 16.8 Å². The molecule has 0 saturated heterocycles. The Morgan fingerprint density at radius 3 is 2.50 bits per heavy atom. The lowest BCUT2D eigenvalue weighted by Crippen LogP contribution is -2.39. The highest BCUT2D eigenvalue weighted by molar-refractivity contribution is 5.76. The monoisotopic (exact) mass is 365 g/mol. The molecule has 9 heteroatoms. The third-order valence-corrected chi connectivity index (χ3v) is 4.09. The third kappa shape index (κ3) is 3.38. The number of ether oxygens (including phenoxy) is 1. The zero-order chi connectivity index (χ0) is 18.9. The van der Waals surface area contributed by atoms with Crippen LogP contribution in [0.1, 0.15) is 17.5 Å². The average molecular weight is 365 g/mol. The summed E-state index contributed by atoms with van der Waals surface area (Å²) in [7, 11) is 1.55. The number of aryl methyl sites for hydroxylation is 1. The van der Waals surface area contributed by atoms with Gasteiger partial charge in [0.2, 0.25) is 5.70 Å². The van der Waals surface area contributed by atoms with Crippen LogP contribution < -0.4 is 0 Å². The van der Waals surface area contributed by atoms with E-state index in [1.807, 2.05) is 0 Å². The smallest absolute Gasteiger partial charge is 0.275 e. The SMILES string of the molecule is Cn1cc(C2(OC(F)(F)F)CC([N+](=O)[O-])=CC=C2c2ccccc2)cn1. The van der Waals surface area contributed by atoms with Crippen LogP contribution in [0.2, 0.25) is 0 Å². The fraction of sp³-hybridized carbons (Fsp3) is 0.235. The van der Waals surface area contributed by atoms with E-state index in [0.717, 1.165) is 0 Å². The van der Waals surface area contributed by atoms with E-state index in [9.17, 15) is 23.3 Å². The molecule has 0 saturated carbocycles. The molecule has 0 amide bonds. The molecule has 1 aromatic carbocycles. The van der Waals surface area contributed by atoms with E-state index < -0.39 is 23.3 Å². The van der Waals surface area contributed by atoms with E-state index in [2.05, 4.69) is 9.84 Å². The minimum atomic E-state index is -5.01. The minimum Gasteiger partial charge on any atom is -0.275 e. The van der Waals surface area contributed by atoms with Crippen molar-refractivity contribution in [3.05, 3.63) is 81.8 Å². The van der Waals surface area contributed by atoms with Crippen molar-refractivity contribution in [3.63, 3.8) is 0 Å². The van der Waals surface area contributed by atoms with Crippen LogP contribution in [-0.4, -0.2) is 21.1 Å². The second kappa shape index (κ2) is 6.41. The summed E-state index contributed by atoms with van der Waals surface area (Å²) < 4.78 is 45.9. The number of hydrogen-bond acceptors (Lipinski definition) is 4. The molecule has 0 bridgehead atoms. The van der Waals surface area contributed by atoms with Crippen LogP contribution in [0.4, 0.5) is 13.2 Å². The van der Waals surface area contributed by atoms with Crippen LogP contribution in [0.15, 0.2) is 60.6 Å². The van der Waals surface area contributed by atoms with Crippen molar-refractivity contribution in [2.45, 2.75) is 18.4 Å². The number of benzene rings is 1. The Morgan fingerprint density at radius 1 is 1.27 bits per heavy atom. The van der Waals surface area contributed by atoms with Crippen LogP contribution in [0.3, 0.4) is 0 Å². The lowest BCUT2D eigenvalue weighted by molar-refractivity contribution is -0.435. The molecular weight excluding hydrogens is 351 g/mol. The number of alkyl halides is 3. The van der Waals surface area contributed by atoms with Gasteiger partial charge in [-0.05, 0) is 17.2 Å². The average Bonchev–Trinajstić information content (AvgIpc) is 3.01. The normalized spacial score (nSPS) is 20.5. The predicted octanol–water partition coefficient (Wildman–Crippen LogP) is 3.80. The fourth-order valence-corrected chi connectivity index (χ4v) is 3.03. The van der Waals surface area contributed by atoms with Gasteiger partial charge in [0.15, 0.2) is 0 Å². The molecule has 2 aromatic rings. The number of nitrogens with zero attached hydrogens (tertiary/aromatic N) is 3. The van der Waals surface area contributed by atoms with E-state index in [0.29, 0.717) is 5.56 Å². The first-order valence-electron chi connectivity index (χ1n) is 7.58. The summed E-state index contributed by atoms with van der Waals surface area (Å²) in [6, 6.07) is 8.32. The number of hydrogen-bond donors (Lipinski definition) is 0. The standard InChI is InChI=1S/C17H14F3N3O3/c1-22-11-13(10-21-22)16(26-17(18,19)20)9-14(23(24)25)7-8-15(16)12-5-3-2-4-6-12/h2-8,10-11H,9H2,1H3. The molecule has 3 rings (SSSR count). The van der Waals surface area contributed by atoms with Gasteiger partial charge in [-0.15, -0.1) is 13.2 Å². The molecule has 0 fully saturated rings. The van der Waals surface area contributed by atoms with Crippen LogP contribution in [0, 0.1) is 10.1 Å². The molecule has 0 spiro atoms. The topological polar surface area (TPSA) is 70.2 Å². The number of allylic oxidation sites excluding steroid dienone is 2. The van der Waals surface area contributed by atoms with Crippen molar-refractivity contribution >= 4 is 5.57 Å². The van der Waals surface area contributed by atoms with Crippen molar-refractivity contribution in [2.75, 3.05) is 0 Å². The molecule has 136 valence electrons. The lowest BCUT2D eigenvalue weighted by atomic mass is 9.77. The van der Waals surface area contributed by atoms with E-state index >= 15 is 0 Å². The zero-order valence-electron chi connectivity index (χ0n) is 13.6. The van der Waals surface area contributed by atoms with Crippen molar-refractivity contribution in [3.8, 4) is 0 Å². The molecule has 0 aliphatic heterocycles. The second-order valence-corrected chi connectivity index (χ2v) is 5.82. The number of nitro groups is 1. The van der Waals surface area contributed by atoms with Gasteiger partial charge in [0.05, 0.1) is 17.5 Å². The molecule has 26 heavy (non-hydrogen) atoms. The summed E-state index contributed by atoms with van der Waals surface area (Å²) in [6.07, 6.45) is -0.488. The Balaban J connectivity index is 2.25. The first kappa shape index (κ1) is 17.9. The summed E-state index contributed by atoms with van der Waals surface area (Å²) in [5.41, 5.74) is -1.75. The maximum atomic E-state index is 13.3. The van der Waals surface area contributed by atoms with Gasteiger partial charge >= 0.3 is 6.36 Å². The third-order valence-electron chi connectivity index (χ3n) is 4.09. The van der Waals surface area contributed by atoms with Gasteiger partial charge in [-0.3, -0.25) is 19.5 Å². The molecule has 1 aliphatic rings. The second-order valence-electron chi connectivity index (χ2n) is 5.82. The number of rotatable bonds is 4. The lowest BCUT2D eigenvalue weighted by Gasteiger charge is -2.36. The van der Waals surface area contributed by atoms with E-state index in [1.165, 1.54) is 29.2 Å². The van der Waals surface area contributed by atoms with Gasteiger partial charge in [0.1, 0.15) is 5.60 Å². The zero-order valence-corrected chi connectivity index (χ0v) is 13.6. The maximum absolute atomic E-state index is 13.3. The Labute approximate surface area is 146 Å². The minimum absolute atomic E-state index is 0.0832. The molecular formula is C17H14F3N3O3. The molecule has 1 aromatic heterocycles. The largest absolute Gasteiger partial charge is 0.523 e. The molecule has 1 aliphatic carbocycles. The van der Waals surface area contributed by atoms with Crippen LogP contribution in [-0.2, 0) is 17.4 Å². The van der Waals surface area contributed by atoms with Crippen molar-refractivity contribution in [2.24, 2.45) is 7.05 Å². The Hall–Kier alpha value is -2.94. The highest BCUT2D eigenvalue weighted by atomic mass is 19.4. The van der Waals surface area contributed by atoms with E-state index in [4.69, 9.17) is 0 Å². The van der Waals surface area contributed by atoms with Crippen molar-refractivity contribution in [1.82, 2.24) is 9.78 Å². The van der Waals surface area contributed by atoms with Crippen LogP contribution in [0.25, 0.3) is 5.57 Å². The molecule has 6 nitrogen and oxygen atoms in total. The Bertz CT molecular complexity index is 887. The van der Waals surface area contributed by atoms with Gasteiger partial charge in [-0.25, -0.2) is 0 Å². The van der Waals surface area contributed by atoms with Gasteiger partial charge in [0.25, 0.3) is 0 Å². The number of aromatic nitrogens is 2. The molecule has 1 atom stereocenters. The van der Waals surface area contributed by atoms with Gasteiger partial charge in [0, 0.05) is 24.9 Å². The summed E-state index contributed by atoms with van der Waals surface area (Å²) in [6.45, 7) is 0. The highest BCUT2D eigenvalue weighted by Crippen LogP contribution is 2.49. The summed E-state index contributed by atoms with van der Waals surface area (Å²) in [4.78, 5) is 10.5. The fourth-order valence-electron chi connectivity index (χ4n) is 3.03. The predicted molar refractivity (Wildman–Crippen MR) is 86.1 cm³/mol. The molecule has 1 unspecified atom stereocenters. The highest BCUT2D eigenvalue weighted by Gasteiger charge is 2.51. The van der Waals surface area contributed by atoms with Crippen LogP contribution in [0.5, 0.6) is 0 Å². The number of halogens is 3. The molecule has 0 N–H and O–H groups in total. The molecule has 1 heterocycles. The quantitative estimate of drug-likeness (QED) is 0.610. The maximum Gasteiger partial charge on any atom is 0.523 e. The van der Waals surface area contributed by atoms with Crippen molar-refractivity contribution < 1.29 is 22.8 Å². The van der Waals surface area contributed by atoms with Gasteiger partial charge < -0.3 is 0 Å². The van der Waals surface area contributed by atoms with Crippen LogP contribution >= 0.6 is 0 Å². The first-order valence-corrected chi connectivity index (χ1v) is 7.58. The summed E-state index contributed by atoms with van der Waals surface area (Å²) in [5, 5.41) is 15.2. The first-order chi connectivity index (χ1) is 12.2. The Morgan fingerprint density at radius 2 is 1.96 bits per heavy atom. The van der Waals surface area contributed by atoms with Crippen molar-refractivity contribution in [1.29, 1.82) is 0 Å². The van der Waals surface area contributed by atoms with Gasteiger partial charge in [-0.1, -0.05) is 30.3 Å².